The second-order valence-corrected chi connectivity index (χ2v) is 3.87. The minimum atomic E-state index is -4.41. The molecule has 2 nitrogen and oxygen atoms in total. The number of benzene rings is 1. The van der Waals surface area contributed by atoms with Crippen molar-refractivity contribution in [3.8, 4) is 0 Å². The van der Waals surface area contributed by atoms with Gasteiger partial charge in [-0.3, -0.25) is 0 Å². The van der Waals surface area contributed by atoms with E-state index >= 15 is 0 Å². The highest BCUT2D eigenvalue weighted by Gasteiger charge is 2.34. The molecule has 1 aromatic rings. The van der Waals surface area contributed by atoms with Crippen LogP contribution in [0.2, 0.25) is 0 Å². The monoisotopic (exact) mass is 230 g/mol. The van der Waals surface area contributed by atoms with E-state index in [-0.39, 0.29) is 22.7 Å². The number of anilines is 1. The van der Waals surface area contributed by atoms with Crippen LogP contribution in [0.25, 0.3) is 0 Å². The van der Waals surface area contributed by atoms with Crippen molar-refractivity contribution in [1.29, 1.82) is 5.41 Å². The average molecular weight is 230 g/mol. The quantitative estimate of drug-likeness (QED) is 0.593. The van der Waals surface area contributed by atoms with Crippen molar-refractivity contribution in [1.82, 2.24) is 0 Å². The summed E-state index contributed by atoms with van der Waals surface area (Å²) in [6.07, 6.45) is -3.58. The summed E-state index contributed by atoms with van der Waals surface area (Å²) in [5.41, 5.74) is 5.31. The van der Waals surface area contributed by atoms with Gasteiger partial charge in [-0.2, -0.15) is 13.2 Å². The van der Waals surface area contributed by atoms with Gasteiger partial charge in [0.15, 0.2) is 0 Å². The van der Waals surface area contributed by atoms with Crippen LogP contribution in [0, 0.1) is 5.41 Å². The fraction of sp³-hybridized carbons (Fsp3) is 0.364. The van der Waals surface area contributed by atoms with Gasteiger partial charge >= 0.3 is 6.18 Å². The molecule has 0 aliphatic heterocycles. The SMILES string of the molecule is CC(C)c1cc(N)c(C=N)cc1C(F)(F)F. The number of nitrogen functional groups attached to an aromatic ring is 1. The Labute approximate surface area is 91.8 Å². The molecule has 3 N–H and O–H groups in total. The molecule has 0 amide bonds. The summed E-state index contributed by atoms with van der Waals surface area (Å²) in [7, 11) is 0. The lowest BCUT2D eigenvalue weighted by Gasteiger charge is -2.17. The fourth-order valence-corrected chi connectivity index (χ4v) is 1.50. The summed E-state index contributed by atoms with van der Waals surface area (Å²) in [5.74, 6) is -0.265. The second-order valence-electron chi connectivity index (χ2n) is 3.87. The summed E-state index contributed by atoms with van der Waals surface area (Å²) < 4.78 is 38.2. The van der Waals surface area contributed by atoms with Crippen molar-refractivity contribution in [2.75, 3.05) is 5.73 Å². The molecule has 0 saturated heterocycles. The maximum atomic E-state index is 12.7. The van der Waals surface area contributed by atoms with E-state index in [0.717, 1.165) is 12.3 Å². The lowest BCUT2D eigenvalue weighted by molar-refractivity contribution is -0.138. The smallest absolute Gasteiger partial charge is 0.398 e. The molecule has 0 fully saturated rings. The van der Waals surface area contributed by atoms with Gasteiger partial charge in [0.1, 0.15) is 0 Å². The molecule has 0 aromatic heterocycles. The van der Waals surface area contributed by atoms with Crippen LogP contribution >= 0.6 is 0 Å². The van der Waals surface area contributed by atoms with E-state index in [2.05, 4.69) is 0 Å². The van der Waals surface area contributed by atoms with Gasteiger partial charge in [-0.15, -0.1) is 0 Å². The standard InChI is InChI=1S/C11H13F3N2/c1-6(2)8-4-10(16)7(5-15)3-9(8)11(12,13)14/h3-6,15H,16H2,1-2H3. The van der Waals surface area contributed by atoms with E-state index < -0.39 is 11.7 Å². The Balaban J connectivity index is 3.49. The Morgan fingerprint density at radius 1 is 1.31 bits per heavy atom. The highest BCUT2D eigenvalue weighted by molar-refractivity contribution is 5.85. The topological polar surface area (TPSA) is 49.9 Å². The molecule has 88 valence electrons. The van der Waals surface area contributed by atoms with E-state index in [1.54, 1.807) is 13.8 Å². The third-order valence-electron chi connectivity index (χ3n) is 2.34. The zero-order chi connectivity index (χ0) is 12.5. The molecule has 0 aliphatic carbocycles. The van der Waals surface area contributed by atoms with Crippen LogP contribution in [0.3, 0.4) is 0 Å². The molecule has 1 aromatic carbocycles. The lowest BCUT2D eigenvalue weighted by Crippen LogP contribution is -2.12. The summed E-state index contributed by atoms with van der Waals surface area (Å²) in [6.45, 7) is 3.35. The predicted molar refractivity (Wildman–Crippen MR) is 57.8 cm³/mol. The van der Waals surface area contributed by atoms with Gasteiger partial charge < -0.3 is 11.1 Å². The molecule has 0 atom stereocenters. The molecule has 0 bridgehead atoms. The average Bonchev–Trinajstić information content (AvgIpc) is 2.15. The normalized spacial score (nSPS) is 11.9. The van der Waals surface area contributed by atoms with E-state index in [4.69, 9.17) is 11.1 Å². The Kier molecular flexibility index (Phi) is 3.26. The van der Waals surface area contributed by atoms with Crippen LogP contribution in [0.15, 0.2) is 12.1 Å². The highest BCUT2D eigenvalue weighted by Crippen LogP contribution is 2.37. The summed E-state index contributed by atoms with van der Waals surface area (Å²) in [4.78, 5) is 0. The first-order chi connectivity index (χ1) is 7.27. The van der Waals surface area contributed by atoms with Gasteiger partial charge in [0.2, 0.25) is 0 Å². The Hall–Kier alpha value is -1.52. The Morgan fingerprint density at radius 3 is 2.25 bits per heavy atom. The van der Waals surface area contributed by atoms with E-state index in [1.807, 2.05) is 0 Å². The summed E-state index contributed by atoms with van der Waals surface area (Å²) in [6, 6.07) is 2.23. The van der Waals surface area contributed by atoms with Crippen LogP contribution in [0.5, 0.6) is 0 Å². The van der Waals surface area contributed by atoms with Gasteiger partial charge in [0, 0.05) is 17.5 Å². The number of hydrogen-bond acceptors (Lipinski definition) is 2. The molecule has 16 heavy (non-hydrogen) atoms. The van der Waals surface area contributed by atoms with Crippen molar-refractivity contribution in [2.45, 2.75) is 25.9 Å². The van der Waals surface area contributed by atoms with E-state index in [0.29, 0.717) is 0 Å². The molecular formula is C11H13F3N2. The minimum Gasteiger partial charge on any atom is -0.398 e. The third kappa shape index (κ3) is 2.35. The first-order valence-electron chi connectivity index (χ1n) is 4.78. The third-order valence-corrected chi connectivity index (χ3v) is 2.34. The molecule has 0 saturated carbocycles. The maximum Gasteiger partial charge on any atom is 0.416 e. The van der Waals surface area contributed by atoms with Crippen LogP contribution in [0.4, 0.5) is 18.9 Å². The van der Waals surface area contributed by atoms with Crippen LogP contribution < -0.4 is 5.73 Å². The zero-order valence-corrected chi connectivity index (χ0v) is 9.02. The van der Waals surface area contributed by atoms with Crippen LogP contribution in [-0.2, 0) is 6.18 Å². The van der Waals surface area contributed by atoms with Gasteiger partial charge in [0.25, 0.3) is 0 Å². The summed E-state index contributed by atoms with van der Waals surface area (Å²) in [5, 5.41) is 6.99. The number of nitrogens with two attached hydrogens (primary N) is 1. The van der Waals surface area contributed by atoms with Gasteiger partial charge in [-0.25, -0.2) is 0 Å². The summed E-state index contributed by atoms with van der Waals surface area (Å²) >= 11 is 0. The largest absolute Gasteiger partial charge is 0.416 e. The molecule has 1 rings (SSSR count). The molecule has 0 spiro atoms. The minimum absolute atomic E-state index is 0.0942. The van der Waals surface area contributed by atoms with Crippen molar-refractivity contribution >= 4 is 11.9 Å². The predicted octanol–water partition coefficient (Wildman–Crippen LogP) is 3.41. The fourth-order valence-electron chi connectivity index (χ4n) is 1.50. The number of rotatable bonds is 2. The molecule has 5 heteroatoms. The number of nitrogens with one attached hydrogen (secondary N) is 1. The number of halogens is 3. The lowest BCUT2D eigenvalue weighted by atomic mass is 9.94. The number of hydrogen-bond donors (Lipinski definition) is 2. The van der Waals surface area contributed by atoms with Crippen molar-refractivity contribution < 1.29 is 13.2 Å². The van der Waals surface area contributed by atoms with Crippen molar-refractivity contribution in [2.24, 2.45) is 0 Å². The molecular weight excluding hydrogens is 217 g/mol. The van der Waals surface area contributed by atoms with Gasteiger partial charge in [-0.1, -0.05) is 13.8 Å². The maximum absolute atomic E-state index is 12.7. The number of alkyl halides is 3. The zero-order valence-electron chi connectivity index (χ0n) is 9.02. The van der Waals surface area contributed by atoms with Crippen LogP contribution in [0.1, 0.15) is 36.5 Å². The molecule has 0 heterocycles. The van der Waals surface area contributed by atoms with E-state index in [1.165, 1.54) is 6.07 Å². The molecule has 0 unspecified atom stereocenters. The second kappa shape index (κ2) is 4.15. The first-order valence-corrected chi connectivity index (χ1v) is 4.78. The molecule has 0 radical (unpaired) electrons. The van der Waals surface area contributed by atoms with Crippen molar-refractivity contribution in [3.05, 3.63) is 28.8 Å². The van der Waals surface area contributed by atoms with Crippen LogP contribution in [-0.4, -0.2) is 6.21 Å². The Bertz CT molecular complexity index is 408. The van der Waals surface area contributed by atoms with Gasteiger partial charge in [-0.05, 0) is 23.6 Å². The molecule has 0 aliphatic rings. The van der Waals surface area contributed by atoms with Gasteiger partial charge in [0.05, 0.1) is 5.56 Å². The highest BCUT2D eigenvalue weighted by atomic mass is 19.4. The Morgan fingerprint density at radius 2 is 1.88 bits per heavy atom. The van der Waals surface area contributed by atoms with Crippen molar-refractivity contribution in [3.63, 3.8) is 0 Å². The van der Waals surface area contributed by atoms with E-state index in [9.17, 15) is 13.2 Å². The first kappa shape index (κ1) is 12.5.